The number of anilines is 2. The zero-order valence-corrected chi connectivity index (χ0v) is 21.0. The molecule has 4 N–H and O–H groups in total. The number of piperidine rings is 1. The molecule has 4 aliphatic heterocycles. The van der Waals surface area contributed by atoms with E-state index in [0.29, 0.717) is 47.9 Å². The van der Waals surface area contributed by atoms with E-state index >= 15 is 0 Å². The fraction of sp³-hybridized carbons (Fsp3) is 0.423. The predicted octanol–water partition coefficient (Wildman–Crippen LogP) is 2.52. The van der Waals surface area contributed by atoms with Crippen molar-refractivity contribution in [2.24, 2.45) is 5.73 Å². The maximum absolute atomic E-state index is 10.1. The lowest BCUT2D eigenvalue weighted by molar-refractivity contribution is -0.0652. The Balaban J connectivity index is 1.07. The molecule has 0 radical (unpaired) electrons. The molecule has 3 aromatic rings. The van der Waals surface area contributed by atoms with Crippen molar-refractivity contribution in [3.05, 3.63) is 54.0 Å². The highest BCUT2D eigenvalue weighted by Gasteiger charge is 2.48. The van der Waals surface area contributed by atoms with Crippen molar-refractivity contribution in [3.63, 3.8) is 0 Å². The van der Waals surface area contributed by atoms with Gasteiger partial charge < -0.3 is 35.3 Å². The van der Waals surface area contributed by atoms with E-state index in [1.165, 1.54) is 11.8 Å². The quantitative estimate of drug-likeness (QED) is 0.469. The molecule has 11 heteroatoms. The highest BCUT2D eigenvalue weighted by molar-refractivity contribution is 7.99. The number of hydrogen-bond donors (Lipinski definition) is 3. The van der Waals surface area contributed by atoms with Crippen molar-refractivity contribution in [3.8, 4) is 11.5 Å². The summed E-state index contributed by atoms with van der Waals surface area (Å²) >= 11 is 1.45. The first-order chi connectivity index (χ1) is 18.1. The first-order valence-corrected chi connectivity index (χ1v) is 13.3. The van der Waals surface area contributed by atoms with Crippen LogP contribution in [0.2, 0.25) is 0 Å². The smallest absolute Gasteiger partial charge is 0.175 e. The zero-order chi connectivity index (χ0) is 25.0. The van der Waals surface area contributed by atoms with Gasteiger partial charge in [0.25, 0.3) is 0 Å². The molecule has 1 atom stereocenters. The molecule has 0 amide bonds. The molecule has 0 saturated carbocycles. The molecule has 192 valence electrons. The topological polar surface area (TPSA) is 128 Å². The third-order valence-corrected chi connectivity index (χ3v) is 8.66. The number of hydrogen-bond acceptors (Lipinski definition) is 11. The summed E-state index contributed by atoms with van der Waals surface area (Å²) in [5.41, 5.74) is 7.66. The van der Waals surface area contributed by atoms with Crippen molar-refractivity contribution in [2.75, 3.05) is 43.1 Å². The normalized spacial score (nSPS) is 22.4. The Bertz CT molecular complexity index is 1340. The summed E-state index contributed by atoms with van der Waals surface area (Å²) in [6, 6.07) is 9.77. The van der Waals surface area contributed by atoms with Crippen LogP contribution in [0.25, 0.3) is 0 Å². The van der Waals surface area contributed by atoms with E-state index in [1.54, 1.807) is 12.4 Å². The maximum Gasteiger partial charge on any atom is 0.175 e. The van der Waals surface area contributed by atoms with Crippen molar-refractivity contribution < 1.29 is 19.3 Å². The second-order valence-electron chi connectivity index (χ2n) is 10.1. The van der Waals surface area contributed by atoms with Gasteiger partial charge in [-0.15, -0.1) is 0 Å². The van der Waals surface area contributed by atoms with E-state index in [0.717, 1.165) is 42.1 Å². The Labute approximate surface area is 218 Å². The number of rotatable bonds is 4. The number of aliphatic hydroxyl groups excluding tert-OH is 1. The number of fused-ring (bicyclic) bond motifs is 2. The van der Waals surface area contributed by atoms with Crippen LogP contribution < -0.4 is 25.4 Å². The Morgan fingerprint density at radius 2 is 1.97 bits per heavy atom. The van der Waals surface area contributed by atoms with Crippen LogP contribution in [0.4, 0.5) is 11.6 Å². The summed E-state index contributed by atoms with van der Waals surface area (Å²) < 4.78 is 17.8. The number of nitrogens with zero attached hydrogens (tertiary/aromatic N) is 4. The van der Waals surface area contributed by atoms with Crippen LogP contribution in [0.15, 0.2) is 52.6 Å². The third kappa shape index (κ3) is 3.80. The molecular formula is C26H28N6O4S. The lowest BCUT2D eigenvalue weighted by Crippen LogP contribution is -2.61. The van der Waals surface area contributed by atoms with Gasteiger partial charge in [0.1, 0.15) is 34.2 Å². The fourth-order valence-electron chi connectivity index (χ4n) is 5.58. The second kappa shape index (κ2) is 8.73. The number of benzene rings is 1. The molecule has 4 aliphatic rings. The van der Waals surface area contributed by atoms with E-state index in [1.807, 2.05) is 30.3 Å². The van der Waals surface area contributed by atoms with E-state index in [2.05, 4.69) is 15.2 Å². The van der Waals surface area contributed by atoms with Crippen LogP contribution in [0.3, 0.4) is 0 Å². The minimum absolute atomic E-state index is 0.150. The molecule has 1 aromatic carbocycles. The van der Waals surface area contributed by atoms with Gasteiger partial charge in [-0.05, 0) is 12.1 Å². The SMILES string of the molecule is N[C@@H]1c2ccccc2OC12CCN(c1ncc(Sc3ccnc4c3OCC3(COC3)N4)nc1CO)CC2. The number of aliphatic hydroxyl groups is 1. The summed E-state index contributed by atoms with van der Waals surface area (Å²) in [6.45, 7) is 2.99. The summed E-state index contributed by atoms with van der Waals surface area (Å²) in [6.07, 6.45) is 5.04. The Morgan fingerprint density at radius 3 is 2.73 bits per heavy atom. The van der Waals surface area contributed by atoms with E-state index in [9.17, 15) is 5.11 Å². The van der Waals surface area contributed by atoms with Crippen molar-refractivity contribution in [2.45, 2.75) is 46.6 Å². The first kappa shape index (κ1) is 23.0. The molecule has 2 fully saturated rings. The van der Waals surface area contributed by atoms with Crippen LogP contribution in [-0.4, -0.2) is 64.1 Å². The molecule has 2 spiro atoms. The second-order valence-corrected chi connectivity index (χ2v) is 11.1. The molecule has 10 nitrogen and oxygen atoms in total. The van der Waals surface area contributed by atoms with Crippen molar-refractivity contribution >= 4 is 23.4 Å². The molecule has 0 bridgehead atoms. The number of aromatic nitrogens is 3. The summed E-state index contributed by atoms with van der Waals surface area (Å²) in [5, 5.41) is 14.3. The zero-order valence-electron chi connectivity index (χ0n) is 20.2. The van der Waals surface area contributed by atoms with E-state index in [-0.39, 0.29) is 18.2 Å². The molecule has 6 heterocycles. The van der Waals surface area contributed by atoms with Gasteiger partial charge in [-0.25, -0.2) is 15.0 Å². The fourth-order valence-corrected chi connectivity index (χ4v) is 6.45. The summed E-state index contributed by atoms with van der Waals surface area (Å²) in [4.78, 5) is 17.0. The van der Waals surface area contributed by atoms with Gasteiger partial charge >= 0.3 is 0 Å². The van der Waals surface area contributed by atoms with Crippen LogP contribution in [-0.2, 0) is 11.3 Å². The molecular weight excluding hydrogens is 492 g/mol. The lowest BCUT2D eigenvalue weighted by Gasteiger charge is -2.45. The van der Waals surface area contributed by atoms with Gasteiger partial charge in [0.05, 0.1) is 37.0 Å². The Morgan fingerprint density at radius 1 is 1.14 bits per heavy atom. The number of nitrogens with two attached hydrogens (primary N) is 1. The largest absolute Gasteiger partial charge is 0.486 e. The van der Waals surface area contributed by atoms with Crippen molar-refractivity contribution in [1.82, 2.24) is 15.0 Å². The van der Waals surface area contributed by atoms with Gasteiger partial charge in [0, 0.05) is 37.7 Å². The first-order valence-electron chi connectivity index (χ1n) is 12.5. The standard InChI is InChI=1S/C26H28N6O4S/c27-22-16-3-1-2-4-18(16)36-26(22)6-9-32(10-7-26)24-17(12-33)30-20(11-29-24)37-19-5-8-28-23-21(19)35-15-25(31-23)13-34-14-25/h1-5,8,11,22,33H,6-7,9-10,12-15,27H2,(H,28,31)/t22-/m1/s1. The lowest BCUT2D eigenvalue weighted by atomic mass is 9.83. The Hall–Kier alpha value is -3.12. The molecule has 0 unspecified atom stereocenters. The number of pyridine rings is 1. The third-order valence-electron chi connectivity index (χ3n) is 7.71. The van der Waals surface area contributed by atoms with Crippen LogP contribution in [0.1, 0.15) is 30.1 Å². The van der Waals surface area contributed by atoms with Gasteiger partial charge in [0.15, 0.2) is 17.4 Å². The number of ether oxygens (including phenoxy) is 3. The maximum atomic E-state index is 10.1. The van der Waals surface area contributed by atoms with Gasteiger partial charge in [-0.1, -0.05) is 30.0 Å². The number of nitrogens with one attached hydrogen (secondary N) is 1. The minimum Gasteiger partial charge on any atom is -0.486 e. The van der Waals surface area contributed by atoms with Gasteiger partial charge in [-0.2, -0.15) is 0 Å². The van der Waals surface area contributed by atoms with E-state index < -0.39 is 5.60 Å². The highest BCUT2D eigenvalue weighted by atomic mass is 32.2. The molecule has 7 rings (SSSR count). The molecule has 37 heavy (non-hydrogen) atoms. The monoisotopic (exact) mass is 520 g/mol. The molecule has 2 aromatic heterocycles. The molecule has 2 saturated heterocycles. The van der Waals surface area contributed by atoms with Crippen LogP contribution >= 0.6 is 11.8 Å². The average molecular weight is 521 g/mol. The average Bonchev–Trinajstić information content (AvgIpc) is 3.19. The van der Waals surface area contributed by atoms with E-state index in [4.69, 9.17) is 29.9 Å². The Kier molecular flexibility index (Phi) is 5.43. The van der Waals surface area contributed by atoms with Crippen LogP contribution in [0, 0.1) is 0 Å². The summed E-state index contributed by atoms with van der Waals surface area (Å²) in [5.74, 6) is 3.00. The van der Waals surface area contributed by atoms with Gasteiger partial charge in [-0.3, -0.25) is 0 Å². The highest BCUT2D eigenvalue weighted by Crippen LogP contribution is 2.47. The summed E-state index contributed by atoms with van der Waals surface area (Å²) in [7, 11) is 0. The van der Waals surface area contributed by atoms with Crippen molar-refractivity contribution in [1.29, 1.82) is 0 Å². The molecule has 0 aliphatic carbocycles. The van der Waals surface area contributed by atoms with Gasteiger partial charge in [0.2, 0.25) is 0 Å². The number of para-hydroxylation sites is 1. The van der Waals surface area contributed by atoms with Crippen LogP contribution in [0.5, 0.6) is 11.5 Å². The predicted molar refractivity (Wildman–Crippen MR) is 137 cm³/mol. The minimum atomic E-state index is -0.401.